The Hall–Kier alpha value is -3.55. The minimum absolute atomic E-state index is 0.0144. The first kappa shape index (κ1) is 29.0. The van der Waals surface area contributed by atoms with E-state index >= 15 is 0 Å². The molecule has 2 saturated carbocycles. The molecular weight excluding hydrogens is 575 g/mol. The standard InChI is InChI=1S/C27H25F5N2O6S/c1-40-23(35)12-41(38,39)16-4-2-3-14(7-16)26(37)34-21-8-15(21)9-22(34)25(36)33-24(13-5-6-13)17-10-20(29)18(11-19(17)28)27(30,31)32/h2-4,7,10-11,13,15,21-22,24H,5-6,8-9,12H2,1H3,(H,33,36)/t15-,21-,22-,24-/m1/s1. The predicted octanol–water partition coefficient (Wildman–Crippen LogP) is 3.80. The molecule has 0 spiro atoms. The van der Waals surface area contributed by atoms with Crippen LogP contribution in [0.5, 0.6) is 0 Å². The number of amides is 2. The van der Waals surface area contributed by atoms with Crippen molar-refractivity contribution < 1.29 is 49.5 Å². The zero-order valence-corrected chi connectivity index (χ0v) is 22.4. The van der Waals surface area contributed by atoms with E-state index in [2.05, 4.69) is 10.1 Å². The Balaban J connectivity index is 1.38. The van der Waals surface area contributed by atoms with E-state index in [0.29, 0.717) is 25.3 Å². The number of halogens is 5. The number of carbonyl (C=O) groups excluding carboxylic acids is 3. The molecule has 2 amide bonds. The molecule has 2 aliphatic carbocycles. The van der Waals surface area contributed by atoms with Crippen molar-refractivity contribution in [1.82, 2.24) is 10.2 Å². The molecule has 4 atom stereocenters. The highest BCUT2D eigenvalue weighted by Crippen LogP contribution is 2.49. The molecule has 8 nitrogen and oxygen atoms in total. The van der Waals surface area contributed by atoms with Gasteiger partial charge in [0.25, 0.3) is 5.91 Å². The summed E-state index contributed by atoms with van der Waals surface area (Å²) in [5, 5.41) is 2.64. The smallest absolute Gasteiger partial charge is 0.419 e. The number of nitrogens with zero attached hydrogens (tertiary/aromatic N) is 1. The number of likely N-dealkylation sites (tertiary alicyclic amines) is 1. The number of rotatable bonds is 8. The van der Waals surface area contributed by atoms with Gasteiger partial charge in [0.15, 0.2) is 15.6 Å². The first-order valence-electron chi connectivity index (χ1n) is 12.8. The van der Waals surface area contributed by atoms with Gasteiger partial charge in [-0.1, -0.05) is 6.07 Å². The zero-order chi connectivity index (χ0) is 29.9. The van der Waals surface area contributed by atoms with E-state index in [1.165, 1.54) is 23.1 Å². The maximum Gasteiger partial charge on any atom is 0.419 e. The highest BCUT2D eigenvalue weighted by molar-refractivity contribution is 7.92. The van der Waals surface area contributed by atoms with Crippen molar-refractivity contribution in [3.8, 4) is 0 Å². The normalized spacial score (nSPS) is 22.6. The monoisotopic (exact) mass is 600 g/mol. The molecule has 14 heteroatoms. The van der Waals surface area contributed by atoms with Crippen LogP contribution in [0.25, 0.3) is 0 Å². The molecule has 0 unspecified atom stereocenters. The summed E-state index contributed by atoms with van der Waals surface area (Å²) in [6, 6.07) is 3.18. The Kier molecular flexibility index (Phi) is 7.33. The lowest BCUT2D eigenvalue weighted by molar-refractivity contribution is -0.140. The van der Waals surface area contributed by atoms with Crippen LogP contribution in [-0.4, -0.2) is 56.0 Å². The molecule has 41 heavy (non-hydrogen) atoms. The number of ether oxygens (including phenoxy) is 1. The van der Waals surface area contributed by atoms with Crippen LogP contribution >= 0.6 is 0 Å². The average Bonchev–Trinajstić information content (AvgIpc) is 3.85. The van der Waals surface area contributed by atoms with Crippen LogP contribution in [0, 0.1) is 23.5 Å². The lowest BCUT2D eigenvalue weighted by Gasteiger charge is -2.29. The summed E-state index contributed by atoms with van der Waals surface area (Å²) in [4.78, 5) is 39.5. The Morgan fingerprint density at radius 2 is 1.78 bits per heavy atom. The molecular formula is C27H25F5N2O6S. The number of esters is 1. The van der Waals surface area contributed by atoms with Gasteiger partial charge in [0, 0.05) is 17.2 Å². The maximum absolute atomic E-state index is 14.8. The van der Waals surface area contributed by atoms with E-state index in [1.807, 2.05) is 0 Å². The number of nitrogens with one attached hydrogen (secondary N) is 1. The summed E-state index contributed by atoms with van der Waals surface area (Å²) in [7, 11) is -3.07. The molecule has 1 aliphatic heterocycles. The molecule has 2 aromatic carbocycles. The van der Waals surface area contributed by atoms with Crippen LogP contribution in [0.4, 0.5) is 22.0 Å². The van der Waals surface area contributed by atoms with Crippen molar-refractivity contribution in [2.24, 2.45) is 11.8 Å². The Morgan fingerprint density at radius 3 is 2.41 bits per heavy atom. The molecule has 5 rings (SSSR count). The lowest BCUT2D eigenvalue weighted by atomic mass is 9.98. The highest BCUT2D eigenvalue weighted by Gasteiger charge is 2.56. The van der Waals surface area contributed by atoms with Crippen molar-refractivity contribution in [1.29, 1.82) is 0 Å². The Bertz CT molecular complexity index is 1520. The van der Waals surface area contributed by atoms with Crippen LogP contribution in [0.2, 0.25) is 0 Å². The van der Waals surface area contributed by atoms with Crippen molar-refractivity contribution >= 4 is 27.6 Å². The number of fused-ring (bicyclic) bond motifs is 1. The number of piperidine rings is 1. The summed E-state index contributed by atoms with van der Waals surface area (Å²) in [6.45, 7) is 0. The van der Waals surface area contributed by atoms with Crippen LogP contribution in [-0.2, 0) is 30.3 Å². The van der Waals surface area contributed by atoms with Gasteiger partial charge < -0.3 is 15.0 Å². The molecule has 3 aliphatic rings. The van der Waals surface area contributed by atoms with Crippen LogP contribution in [0.15, 0.2) is 41.3 Å². The quantitative estimate of drug-likeness (QED) is 0.365. The number of alkyl halides is 3. The minimum atomic E-state index is -5.09. The van der Waals surface area contributed by atoms with Gasteiger partial charge in [-0.3, -0.25) is 14.4 Å². The Labute approximate surface area is 231 Å². The molecule has 2 aromatic rings. The third-order valence-electron chi connectivity index (χ3n) is 7.74. The van der Waals surface area contributed by atoms with Gasteiger partial charge in [-0.2, -0.15) is 13.2 Å². The second kappa shape index (κ2) is 10.4. The SMILES string of the molecule is COC(=O)CS(=O)(=O)c1cccc(C(=O)N2[C@@H](C(=O)N[C@@H](c3cc(F)c(C(F)(F)F)cc3F)C3CC3)C[C@H]3C[C@H]32)c1. The minimum Gasteiger partial charge on any atom is -0.468 e. The molecule has 1 heterocycles. The van der Waals surface area contributed by atoms with Gasteiger partial charge in [0.05, 0.1) is 23.6 Å². The molecule has 220 valence electrons. The summed E-state index contributed by atoms with van der Waals surface area (Å²) < 4.78 is 97.8. The molecule has 1 N–H and O–H groups in total. The number of hydrogen-bond acceptors (Lipinski definition) is 6. The maximum atomic E-state index is 14.8. The van der Waals surface area contributed by atoms with E-state index in [1.54, 1.807) is 0 Å². The summed E-state index contributed by atoms with van der Waals surface area (Å²) >= 11 is 0. The number of methoxy groups -OCH3 is 1. The van der Waals surface area contributed by atoms with E-state index < -0.39 is 74.4 Å². The van der Waals surface area contributed by atoms with Gasteiger partial charge in [-0.25, -0.2) is 17.2 Å². The first-order chi connectivity index (χ1) is 19.2. The van der Waals surface area contributed by atoms with E-state index in [-0.39, 0.29) is 40.8 Å². The van der Waals surface area contributed by atoms with Crippen LogP contribution in [0.1, 0.15) is 53.2 Å². The van der Waals surface area contributed by atoms with Crippen molar-refractivity contribution in [3.63, 3.8) is 0 Å². The van der Waals surface area contributed by atoms with E-state index in [4.69, 9.17) is 0 Å². The molecule has 0 aromatic heterocycles. The summed E-state index contributed by atoms with van der Waals surface area (Å²) in [5.74, 6) is -6.46. The predicted molar refractivity (Wildman–Crippen MR) is 132 cm³/mol. The fourth-order valence-electron chi connectivity index (χ4n) is 5.40. The topological polar surface area (TPSA) is 110 Å². The van der Waals surface area contributed by atoms with Crippen molar-refractivity contribution in [3.05, 3.63) is 64.7 Å². The van der Waals surface area contributed by atoms with Gasteiger partial charge >= 0.3 is 12.1 Å². The van der Waals surface area contributed by atoms with Crippen LogP contribution in [0.3, 0.4) is 0 Å². The first-order valence-corrected chi connectivity index (χ1v) is 14.4. The molecule has 3 fully saturated rings. The number of carbonyl (C=O) groups is 3. The number of benzene rings is 2. The third kappa shape index (κ3) is 5.79. The Morgan fingerprint density at radius 1 is 1.07 bits per heavy atom. The highest BCUT2D eigenvalue weighted by atomic mass is 32.2. The fraction of sp³-hybridized carbons (Fsp3) is 0.444. The van der Waals surface area contributed by atoms with Gasteiger partial charge in [0.2, 0.25) is 5.91 Å². The number of hydrogen-bond donors (Lipinski definition) is 1. The fourth-order valence-corrected chi connectivity index (χ4v) is 6.59. The number of sulfone groups is 1. The summed E-state index contributed by atoms with van der Waals surface area (Å²) in [5.41, 5.74) is -2.19. The largest absolute Gasteiger partial charge is 0.468 e. The van der Waals surface area contributed by atoms with Gasteiger partial charge in [-0.05, 0) is 67.9 Å². The lowest BCUT2D eigenvalue weighted by Crippen LogP contribution is -2.49. The molecule has 1 saturated heterocycles. The second-order valence-corrected chi connectivity index (χ2v) is 12.6. The van der Waals surface area contributed by atoms with Crippen molar-refractivity contribution in [2.45, 2.75) is 54.9 Å². The van der Waals surface area contributed by atoms with Gasteiger partial charge in [0.1, 0.15) is 17.7 Å². The molecule has 0 bridgehead atoms. The average molecular weight is 601 g/mol. The second-order valence-electron chi connectivity index (χ2n) is 10.6. The summed E-state index contributed by atoms with van der Waals surface area (Å²) in [6.07, 6.45) is -3.11. The van der Waals surface area contributed by atoms with Gasteiger partial charge in [-0.15, -0.1) is 0 Å². The zero-order valence-electron chi connectivity index (χ0n) is 21.6. The van der Waals surface area contributed by atoms with Crippen LogP contribution < -0.4 is 5.32 Å². The molecule has 0 radical (unpaired) electrons. The van der Waals surface area contributed by atoms with E-state index in [9.17, 15) is 44.8 Å². The van der Waals surface area contributed by atoms with Crippen molar-refractivity contribution in [2.75, 3.05) is 12.9 Å². The van der Waals surface area contributed by atoms with E-state index in [0.717, 1.165) is 13.2 Å². The third-order valence-corrected chi connectivity index (χ3v) is 9.32.